The van der Waals surface area contributed by atoms with Crippen LogP contribution in [0, 0.1) is 5.92 Å². The third-order valence-electron chi connectivity index (χ3n) is 4.51. The van der Waals surface area contributed by atoms with Crippen LogP contribution in [0.3, 0.4) is 0 Å². The summed E-state index contributed by atoms with van der Waals surface area (Å²) in [5, 5.41) is 3.62. The van der Waals surface area contributed by atoms with Gasteiger partial charge in [-0.25, -0.2) is 0 Å². The zero-order chi connectivity index (χ0) is 14.4. The van der Waals surface area contributed by atoms with Crippen LogP contribution in [0.4, 0.5) is 0 Å². The number of nitrogens with one attached hydrogen (secondary N) is 1. The van der Waals surface area contributed by atoms with Crippen LogP contribution in [0.1, 0.15) is 45.1 Å². The van der Waals surface area contributed by atoms with Crippen molar-refractivity contribution in [3.05, 3.63) is 35.9 Å². The second-order valence-electron chi connectivity index (χ2n) is 6.60. The first kappa shape index (κ1) is 15.5. The van der Waals surface area contributed by atoms with Crippen molar-refractivity contribution in [2.45, 2.75) is 45.6 Å². The molecule has 1 saturated heterocycles. The van der Waals surface area contributed by atoms with Gasteiger partial charge in [0.15, 0.2) is 0 Å². The van der Waals surface area contributed by atoms with Crippen LogP contribution < -0.4 is 5.32 Å². The zero-order valence-electron chi connectivity index (χ0n) is 13.3. The van der Waals surface area contributed by atoms with E-state index < -0.39 is 0 Å². The van der Waals surface area contributed by atoms with Crippen LogP contribution in [0.25, 0.3) is 0 Å². The highest BCUT2D eigenvalue weighted by Crippen LogP contribution is 2.19. The molecule has 2 heteroatoms. The van der Waals surface area contributed by atoms with Crippen LogP contribution in [0.15, 0.2) is 30.3 Å². The van der Waals surface area contributed by atoms with Gasteiger partial charge in [-0.3, -0.25) is 0 Å². The molecule has 2 nitrogen and oxygen atoms in total. The van der Waals surface area contributed by atoms with E-state index in [2.05, 4.69) is 61.3 Å². The van der Waals surface area contributed by atoms with Gasteiger partial charge in [-0.2, -0.15) is 0 Å². The number of rotatable bonds is 4. The van der Waals surface area contributed by atoms with E-state index in [1.807, 2.05) is 0 Å². The molecule has 1 heterocycles. The summed E-state index contributed by atoms with van der Waals surface area (Å²) >= 11 is 0. The molecule has 1 aliphatic heterocycles. The molecule has 0 saturated carbocycles. The first-order chi connectivity index (χ1) is 9.65. The Labute approximate surface area is 124 Å². The van der Waals surface area contributed by atoms with Gasteiger partial charge in [0.05, 0.1) is 0 Å². The first-order valence-corrected chi connectivity index (χ1v) is 8.16. The highest BCUT2D eigenvalue weighted by molar-refractivity contribution is 5.18. The van der Waals surface area contributed by atoms with Gasteiger partial charge in [-0.05, 0) is 56.8 Å². The van der Waals surface area contributed by atoms with Crippen molar-refractivity contribution in [2.24, 2.45) is 5.92 Å². The Morgan fingerprint density at radius 2 is 2.00 bits per heavy atom. The lowest BCUT2D eigenvalue weighted by Crippen LogP contribution is -2.42. The van der Waals surface area contributed by atoms with Gasteiger partial charge >= 0.3 is 0 Å². The summed E-state index contributed by atoms with van der Waals surface area (Å²) in [6.45, 7) is 11.9. The fourth-order valence-electron chi connectivity index (χ4n) is 3.00. The Morgan fingerprint density at radius 1 is 1.25 bits per heavy atom. The van der Waals surface area contributed by atoms with Gasteiger partial charge in [0.1, 0.15) is 0 Å². The molecule has 112 valence electrons. The molecule has 1 aliphatic rings. The van der Waals surface area contributed by atoms with E-state index in [1.165, 1.54) is 38.0 Å². The fourth-order valence-corrected chi connectivity index (χ4v) is 3.00. The zero-order valence-corrected chi connectivity index (χ0v) is 13.3. The van der Waals surface area contributed by atoms with Gasteiger partial charge in [-0.1, -0.05) is 44.2 Å². The summed E-state index contributed by atoms with van der Waals surface area (Å²) in [6, 6.07) is 11.6. The largest absolute Gasteiger partial charge is 0.314 e. The van der Waals surface area contributed by atoms with E-state index in [9.17, 15) is 0 Å². The van der Waals surface area contributed by atoms with Crippen LogP contribution in [0.2, 0.25) is 0 Å². The average Bonchev–Trinajstić information content (AvgIpc) is 2.47. The number of benzene rings is 1. The normalized spacial score (nSPS) is 26.8. The molecule has 1 aromatic rings. The lowest BCUT2D eigenvalue weighted by molar-refractivity contribution is 0.197. The smallest absolute Gasteiger partial charge is 0.00510 e. The summed E-state index contributed by atoms with van der Waals surface area (Å²) in [4.78, 5) is 2.67. The Hall–Kier alpha value is -0.860. The van der Waals surface area contributed by atoms with E-state index >= 15 is 0 Å². The summed E-state index contributed by atoms with van der Waals surface area (Å²) < 4.78 is 0. The monoisotopic (exact) mass is 274 g/mol. The van der Waals surface area contributed by atoms with Crippen molar-refractivity contribution in [3.8, 4) is 0 Å². The third-order valence-corrected chi connectivity index (χ3v) is 4.51. The molecule has 1 N–H and O–H groups in total. The van der Waals surface area contributed by atoms with Crippen molar-refractivity contribution < 1.29 is 0 Å². The third kappa shape index (κ3) is 4.92. The van der Waals surface area contributed by atoms with Gasteiger partial charge in [0.2, 0.25) is 0 Å². The molecule has 3 atom stereocenters. The number of nitrogens with zero attached hydrogens (tertiary/aromatic N) is 1. The summed E-state index contributed by atoms with van der Waals surface area (Å²) in [7, 11) is 0. The molecular weight excluding hydrogens is 244 g/mol. The van der Waals surface area contributed by atoms with E-state index in [0.717, 1.165) is 12.5 Å². The molecule has 0 radical (unpaired) electrons. The fraction of sp³-hybridized carbons (Fsp3) is 0.667. The molecule has 0 aromatic heterocycles. The number of hydrogen-bond acceptors (Lipinski definition) is 2. The lowest BCUT2D eigenvalue weighted by Gasteiger charge is -2.31. The SMILES string of the molecule is CC1CNC(C)CCN(CCC(C)c2ccccc2)C1. The van der Waals surface area contributed by atoms with Crippen LogP contribution >= 0.6 is 0 Å². The maximum Gasteiger partial charge on any atom is 0.00510 e. The van der Waals surface area contributed by atoms with Crippen LogP contribution in [-0.4, -0.2) is 37.1 Å². The van der Waals surface area contributed by atoms with Gasteiger partial charge in [-0.15, -0.1) is 0 Å². The van der Waals surface area contributed by atoms with E-state index in [4.69, 9.17) is 0 Å². The molecule has 0 spiro atoms. The van der Waals surface area contributed by atoms with Crippen molar-refractivity contribution >= 4 is 0 Å². The minimum Gasteiger partial charge on any atom is -0.314 e. The second kappa shape index (κ2) is 7.80. The van der Waals surface area contributed by atoms with Gasteiger partial charge in [0.25, 0.3) is 0 Å². The molecule has 0 bridgehead atoms. The summed E-state index contributed by atoms with van der Waals surface area (Å²) in [5.74, 6) is 1.41. The predicted octanol–water partition coefficient (Wildman–Crippen LogP) is 3.50. The lowest BCUT2D eigenvalue weighted by atomic mass is 9.97. The van der Waals surface area contributed by atoms with E-state index in [1.54, 1.807) is 0 Å². The molecule has 0 amide bonds. The molecule has 1 fully saturated rings. The summed E-state index contributed by atoms with van der Waals surface area (Å²) in [6.07, 6.45) is 2.53. The van der Waals surface area contributed by atoms with Crippen molar-refractivity contribution in [3.63, 3.8) is 0 Å². The Balaban J connectivity index is 1.82. The minimum absolute atomic E-state index is 0.659. The van der Waals surface area contributed by atoms with Crippen LogP contribution in [0.5, 0.6) is 0 Å². The molecule has 3 unspecified atom stereocenters. The summed E-state index contributed by atoms with van der Waals surface area (Å²) in [5.41, 5.74) is 1.47. The highest BCUT2D eigenvalue weighted by Gasteiger charge is 2.17. The Bertz CT molecular complexity index is 376. The predicted molar refractivity (Wildman–Crippen MR) is 87.2 cm³/mol. The van der Waals surface area contributed by atoms with Crippen molar-refractivity contribution in [1.29, 1.82) is 0 Å². The highest BCUT2D eigenvalue weighted by atomic mass is 15.1. The molecule has 1 aromatic carbocycles. The van der Waals surface area contributed by atoms with Gasteiger partial charge in [0, 0.05) is 12.6 Å². The number of hydrogen-bond donors (Lipinski definition) is 1. The standard InChI is InChI=1S/C18H30N2/c1-15-13-19-17(3)10-12-20(14-15)11-9-16(2)18-7-5-4-6-8-18/h4-8,15-17,19H,9-14H2,1-3H3. The molecule has 2 rings (SSSR count). The molecule has 20 heavy (non-hydrogen) atoms. The maximum atomic E-state index is 3.62. The van der Waals surface area contributed by atoms with E-state index in [0.29, 0.717) is 12.0 Å². The quantitative estimate of drug-likeness (QED) is 0.904. The Kier molecular flexibility index (Phi) is 6.06. The first-order valence-electron chi connectivity index (χ1n) is 8.16. The van der Waals surface area contributed by atoms with Crippen molar-refractivity contribution in [1.82, 2.24) is 10.2 Å². The Morgan fingerprint density at radius 3 is 2.75 bits per heavy atom. The maximum absolute atomic E-state index is 3.62. The topological polar surface area (TPSA) is 15.3 Å². The second-order valence-corrected chi connectivity index (χ2v) is 6.60. The molecular formula is C18H30N2. The van der Waals surface area contributed by atoms with Gasteiger partial charge < -0.3 is 10.2 Å². The average molecular weight is 274 g/mol. The van der Waals surface area contributed by atoms with Crippen LogP contribution in [-0.2, 0) is 0 Å². The minimum atomic E-state index is 0.659. The van der Waals surface area contributed by atoms with E-state index in [-0.39, 0.29) is 0 Å². The molecule has 0 aliphatic carbocycles. The van der Waals surface area contributed by atoms with Crippen molar-refractivity contribution in [2.75, 3.05) is 26.2 Å².